The Bertz CT molecular complexity index is 839. The van der Waals surface area contributed by atoms with Crippen LogP contribution in [-0.2, 0) is 14.9 Å². The van der Waals surface area contributed by atoms with E-state index in [1.807, 2.05) is 11.8 Å². The van der Waals surface area contributed by atoms with Crippen LogP contribution in [0.3, 0.4) is 0 Å². The zero-order valence-corrected chi connectivity index (χ0v) is 17.4. The fraction of sp³-hybridized carbons (Fsp3) is 0.368. The molecule has 2 aromatic carbocycles. The predicted molar refractivity (Wildman–Crippen MR) is 106 cm³/mol. The van der Waals surface area contributed by atoms with Crippen molar-refractivity contribution >= 4 is 21.9 Å². The molecule has 0 bridgehead atoms. The number of rotatable bonds is 4. The molecule has 1 saturated heterocycles. The predicted octanol–water partition coefficient (Wildman–Crippen LogP) is 4.87. The lowest BCUT2D eigenvalue weighted by atomic mass is 9.87. The summed E-state index contributed by atoms with van der Waals surface area (Å²) in [6, 6.07) is 17.0. The van der Waals surface area contributed by atoms with Crippen LogP contribution in [-0.4, -0.2) is 38.5 Å². The molecular weight excluding hydrogens is 429 g/mol. The summed E-state index contributed by atoms with van der Waals surface area (Å²) in [4.78, 5) is 0. The van der Waals surface area contributed by atoms with Gasteiger partial charge in [0.15, 0.2) is 0 Å². The third-order valence-electron chi connectivity index (χ3n) is 4.43. The molecular formula is C19H21F3O5S2. The van der Waals surface area contributed by atoms with Crippen LogP contribution in [0.2, 0.25) is 0 Å². The minimum Gasteiger partial charge on any atom is -0.497 e. The molecule has 1 aliphatic rings. The zero-order chi connectivity index (χ0) is 21.7. The minimum absolute atomic E-state index is 0.0680. The van der Waals surface area contributed by atoms with E-state index in [-0.39, 0.29) is 4.75 Å². The molecule has 2 aromatic rings. The van der Waals surface area contributed by atoms with Gasteiger partial charge >= 0.3 is 15.6 Å². The quantitative estimate of drug-likeness (QED) is 0.529. The van der Waals surface area contributed by atoms with E-state index in [2.05, 4.69) is 48.5 Å². The molecule has 160 valence electrons. The summed E-state index contributed by atoms with van der Waals surface area (Å²) in [6.07, 6.45) is 2.43. The number of alkyl halides is 3. The first kappa shape index (κ1) is 23.4. The van der Waals surface area contributed by atoms with Crippen LogP contribution in [0.1, 0.15) is 24.0 Å². The topological polar surface area (TPSA) is 72.8 Å². The van der Waals surface area contributed by atoms with Gasteiger partial charge in [0.05, 0.1) is 19.0 Å². The van der Waals surface area contributed by atoms with Crippen LogP contribution in [0, 0.1) is 0 Å². The highest BCUT2D eigenvalue weighted by atomic mass is 32.2. The van der Waals surface area contributed by atoms with Gasteiger partial charge in [-0.1, -0.05) is 24.3 Å². The van der Waals surface area contributed by atoms with Crippen molar-refractivity contribution in [2.24, 2.45) is 0 Å². The smallest absolute Gasteiger partial charge is 0.497 e. The van der Waals surface area contributed by atoms with Gasteiger partial charge in [-0.25, -0.2) is 0 Å². The van der Waals surface area contributed by atoms with Crippen LogP contribution >= 0.6 is 11.8 Å². The minimum atomic E-state index is -5.84. The molecule has 0 amide bonds. The van der Waals surface area contributed by atoms with Crippen molar-refractivity contribution in [3.63, 3.8) is 0 Å². The Kier molecular flexibility index (Phi) is 7.47. The second-order valence-electron chi connectivity index (χ2n) is 6.16. The molecule has 0 aliphatic carbocycles. The van der Waals surface area contributed by atoms with Crippen LogP contribution in [0.15, 0.2) is 48.5 Å². The Morgan fingerprint density at radius 3 is 1.55 bits per heavy atom. The highest BCUT2D eigenvalue weighted by Gasteiger charge is 2.44. The largest absolute Gasteiger partial charge is 0.522 e. The maximum absolute atomic E-state index is 10.7. The highest BCUT2D eigenvalue weighted by Crippen LogP contribution is 2.51. The Morgan fingerprint density at radius 1 is 0.931 bits per heavy atom. The molecule has 0 unspecified atom stereocenters. The van der Waals surface area contributed by atoms with E-state index >= 15 is 0 Å². The molecule has 0 spiro atoms. The molecule has 0 saturated carbocycles. The van der Waals surface area contributed by atoms with Crippen LogP contribution < -0.4 is 9.47 Å². The lowest BCUT2D eigenvalue weighted by molar-refractivity contribution is -0.0510. The second kappa shape index (κ2) is 9.27. The van der Waals surface area contributed by atoms with E-state index in [1.165, 1.54) is 29.7 Å². The molecule has 5 nitrogen and oxygen atoms in total. The number of benzene rings is 2. The number of methoxy groups -OCH3 is 2. The Morgan fingerprint density at radius 2 is 1.31 bits per heavy atom. The molecule has 1 fully saturated rings. The summed E-state index contributed by atoms with van der Waals surface area (Å²) >= 11 is 2.04. The first-order valence-electron chi connectivity index (χ1n) is 8.50. The molecule has 10 heteroatoms. The maximum Gasteiger partial charge on any atom is 0.522 e. The Labute approximate surface area is 172 Å². The number of hydrogen-bond acceptors (Lipinski definition) is 5. The van der Waals surface area contributed by atoms with E-state index in [1.54, 1.807) is 14.2 Å². The molecule has 1 N–H and O–H groups in total. The van der Waals surface area contributed by atoms with Crippen molar-refractivity contribution in [3.05, 3.63) is 59.7 Å². The van der Waals surface area contributed by atoms with Gasteiger partial charge in [-0.2, -0.15) is 21.6 Å². The first-order valence-corrected chi connectivity index (χ1v) is 10.9. The van der Waals surface area contributed by atoms with E-state index in [4.69, 9.17) is 22.4 Å². The summed E-state index contributed by atoms with van der Waals surface area (Å²) < 4.78 is 68.2. The average Bonchev–Trinajstić information content (AvgIpc) is 3.18. The van der Waals surface area contributed by atoms with E-state index in [0.29, 0.717) is 0 Å². The Hall–Kier alpha value is -1.91. The third-order valence-corrected chi connectivity index (χ3v) is 6.67. The second-order valence-corrected chi connectivity index (χ2v) is 8.96. The number of halogens is 3. The summed E-state index contributed by atoms with van der Waals surface area (Å²) in [6.45, 7) is 0. The van der Waals surface area contributed by atoms with Gasteiger partial charge in [0.1, 0.15) is 11.5 Å². The van der Waals surface area contributed by atoms with Gasteiger partial charge in [-0.3, -0.25) is 4.55 Å². The van der Waals surface area contributed by atoms with Gasteiger partial charge in [0.2, 0.25) is 0 Å². The molecule has 1 aliphatic heterocycles. The van der Waals surface area contributed by atoms with Crippen molar-refractivity contribution < 1.29 is 35.6 Å². The van der Waals surface area contributed by atoms with Crippen molar-refractivity contribution in [1.82, 2.24) is 0 Å². The summed E-state index contributed by atoms with van der Waals surface area (Å²) in [7, 11) is -2.43. The van der Waals surface area contributed by atoms with Crippen LogP contribution in [0.4, 0.5) is 13.2 Å². The van der Waals surface area contributed by atoms with Gasteiger partial charge < -0.3 is 9.47 Å². The molecule has 29 heavy (non-hydrogen) atoms. The number of thioether (sulfide) groups is 1. The SMILES string of the molecule is COc1ccc(C2(c3ccc(OC)cc3)CCCS2)cc1.O=S(=O)(O)C(F)(F)F. The standard InChI is InChI=1S/C18H20O2S.CHF3O3S/c1-19-16-8-4-14(5-9-16)18(12-3-13-21-18)15-6-10-17(20-2)11-7-15;2-1(3,4)8(5,6)7/h4-11H,3,12-13H2,1-2H3;(H,5,6,7). The van der Waals surface area contributed by atoms with Gasteiger partial charge in [0, 0.05) is 0 Å². The fourth-order valence-corrected chi connectivity index (χ4v) is 4.51. The highest BCUT2D eigenvalue weighted by molar-refractivity contribution is 8.00. The van der Waals surface area contributed by atoms with E-state index < -0.39 is 15.6 Å². The summed E-state index contributed by atoms with van der Waals surface area (Å²) in [5.74, 6) is 3.02. The third kappa shape index (κ3) is 5.58. The summed E-state index contributed by atoms with van der Waals surface area (Å²) in [5, 5.41) is 0. The zero-order valence-electron chi connectivity index (χ0n) is 15.8. The lowest BCUT2D eigenvalue weighted by Crippen LogP contribution is -2.21. The van der Waals surface area contributed by atoms with Crippen molar-refractivity contribution in [2.75, 3.05) is 20.0 Å². The van der Waals surface area contributed by atoms with Crippen molar-refractivity contribution in [2.45, 2.75) is 23.1 Å². The number of ether oxygens (including phenoxy) is 2. The van der Waals surface area contributed by atoms with Crippen LogP contribution in [0.25, 0.3) is 0 Å². The van der Waals surface area contributed by atoms with Crippen molar-refractivity contribution in [3.8, 4) is 11.5 Å². The van der Waals surface area contributed by atoms with Gasteiger partial charge in [-0.05, 0) is 54.0 Å². The molecule has 0 atom stereocenters. The summed E-state index contributed by atoms with van der Waals surface area (Å²) in [5.41, 5.74) is -2.82. The monoisotopic (exact) mass is 450 g/mol. The average molecular weight is 450 g/mol. The van der Waals surface area contributed by atoms with E-state index in [9.17, 15) is 13.2 Å². The van der Waals surface area contributed by atoms with Gasteiger partial charge in [0.25, 0.3) is 0 Å². The molecule has 0 aromatic heterocycles. The lowest BCUT2D eigenvalue weighted by Gasteiger charge is -2.30. The van der Waals surface area contributed by atoms with E-state index in [0.717, 1.165) is 11.5 Å². The van der Waals surface area contributed by atoms with Crippen molar-refractivity contribution in [1.29, 1.82) is 0 Å². The molecule has 0 radical (unpaired) electrons. The Balaban J connectivity index is 0.000000321. The molecule has 1 heterocycles. The fourth-order valence-electron chi connectivity index (χ4n) is 2.98. The normalized spacial score (nSPS) is 15.9. The number of hydrogen-bond donors (Lipinski definition) is 1. The first-order chi connectivity index (χ1) is 13.5. The maximum atomic E-state index is 10.7. The molecule has 3 rings (SSSR count). The van der Waals surface area contributed by atoms with Crippen LogP contribution in [0.5, 0.6) is 11.5 Å². The van der Waals surface area contributed by atoms with Gasteiger partial charge in [-0.15, -0.1) is 11.8 Å².